The number of aryl methyl sites for hydroxylation is 2. The Morgan fingerprint density at radius 3 is 2.46 bits per heavy atom. The number of hydrogen-bond donors (Lipinski definition) is 0. The number of aromatic nitrogens is 1. The largest absolute Gasteiger partial charge is 0.307 e. The van der Waals surface area contributed by atoms with Gasteiger partial charge in [0, 0.05) is 7.05 Å². The lowest BCUT2D eigenvalue weighted by atomic mass is 10.1. The fourth-order valence-electron chi connectivity index (χ4n) is 3.55. The number of rotatable bonds is 11. The van der Waals surface area contributed by atoms with Gasteiger partial charge < -0.3 is 4.57 Å². The first-order chi connectivity index (χ1) is 12.5. The number of thiazole rings is 1. The quantitative estimate of drug-likeness (QED) is 0.431. The third-order valence-electron chi connectivity index (χ3n) is 5.27. The van der Waals surface area contributed by atoms with Crippen molar-refractivity contribution in [1.82, 2.24) is 14.4 Å². The van der Waals surface area contributed by atoms with Crippen LogP contribution in [0, 0.1) is 0 Å². The molecule has 0 aliphatic heterocycles. The van der Waals surface area contributed by atoms with Crippen molar-refractivity contribution in [2.24, 2.45) is 7.05 Å². The first-order valence-corrected chi connectivity index (χ1v) is 10.8. The van der Waals surface area contributed by atoms with Gasteiger partial charge in [0.1, 0.15) is 0 Å². The monoisotopic (exact) mass is 377 g/mol. The summed E-state index contributed by atoms with van der Waals surface area (Å²) in [5.41, 5.74) is 2.39. The van der Waals surface area contributed by atoms with E-state index >= 15 is 0 Å². The standard InChI is InChI=1S/C21H35N3OS/c1-6-13-24(14-7-2)17(3)22(4)15-9-8-10-18-11-12-19-20(16-18)26-21(25)23(19)5/h11-12,16-17H,6-10,13-15H2,1-5H3. The maximum atomic E-state index is 11.8. The second kappa shape index (κ2) is 10.2. The first-order valence-electron chi connectivity index (χ1n) is 10.0. The molecule has 146 valence electrons. The summed E-state index contributed by atoms with van der Waals surface area (Å²) >= 11 is 1.35. The molecule has 1 unspecified atom stereocenters. The van der Waals surface area contributed by atoms with E-state index < -0.39 is 0 Å². The highest BCUT2D eigenvalue weighted by Gasteiger charge is 2.16. The summed E-state index contributed by atoms with van der Waals surface area (Å²) in [6.45, 7) is 10.3. The lowest BCUT2D eigenvalue weighted by Gasteiger charge is -2.35. The summed E-state index contributed by atoms with van der Waals surface area (Å²) in [6.07, 6.45) is 6.41. The van der Waals surface area contributed by atoms with Gasteiger partial charge in [-0.25, -0.2) is 0 Å². The molecule has 1 aromatic carbocycles. The van der Waals surface area contributed by atoms with Gasteiger partial charge in [0.2, 0.25) is 0 Å². The Bertz CT molecular complexity index is 730. The molecule has 0 fully saturated rings. The van der Waals surface area contributed by atoms with Crippen LogP contribution in [0.1, 0.15) is 52.0 Å². The first kappa shape index (κ1) is 21.1. The van der Waals surface area contributed by atoms with Crippen molar-refractivity contribution in [2.45, 2.75) is 59.0 Å². The normalized spacial score (nSPS) is 13.2. The van der Waals surface area contributed by atoms with Crippen molar-refractivity contribution in [1.29, 1.82) is 0 Å². The highest BCUT2D eigenvalue weighted by atomic mass is 32.1. The molecule has 0 N–H and O–H groups in total. The summed E-state index contributed by atoms with van der Waals surface area (Å²) < 4.78 is 2.84. The maximum Gasteiger partial charge on any atom is 0.307 e. The summed E-state index contributed by atoms with van der Waals surface area (Å²) in [6, 6.07) is 6.45. The lowest BCUT2D eigenvalue weighted by molar-refractivity contribution is 0.0732. The molecule has 0 saturated heterocycles. The van der Waals surface area contributed by atoms with Crippen LogP contribution >= 0.6 is 11.3 Å². The van der Waals surface area contributed by atoms with E-state index in [1.165, 1.54) is 55.7 Å². The highest BCUT2D eigenvalue weighted by Crippen LogP contribution is 2.19. The van der Waals surface area contributed by atoms with Gasteiger partial charge in [0.25, 0.3) is 0 Å². The zero-order valence-corrected chi connectivity index (χ0v) is 17.9. The molecular weight excluding hydrogens is 342 g/mol. The summed E-state index contributed by atoms with van der Waals surface area (Å²) in [4.78, 5) is 17.0. The second-order valence-electron chi connectivity index (χ2n) is 7.33. The SMILES string of the molecule is CCCN(CCC)C(C)N(C)CCCCc1ccc2c(c1)sc(=O)n2C. The summed E-state index contributed by atoms with van der Waals surface area (Å²) in [7, 11) is 4.09. The molecule has 0 spiro atoms. The third-order valence-corrected chi connectivity index (χ3v) is 6.27. The Morgan fingerprint density at radius 1 is 1.12 bits per heavy atom. The average Bonchev–Trinajstić information content (AvgIpc) is 2.91. The molecule has 1 heterocycles. The van der Waals surface area contributed by atoms with Gasteiger partial charge in [-0.1, -0.05) is 31.3 Å². The predicted molar refractivity (Wildman–Crippen MR) is 114 cm³/mol. The molecule has 0 aliphatic rings. The molecular formula is C21H35N3OS. The molecule has 0 amide bonds. The van der Waals surface area contributed by atoms with E-state index in [1.807, 2.05) is 7.05 Å². The van der Waals surface area contributed by atoms with Crippen LogP contribution < -0.4 is 4.87 Å². The minimum Gasteiger partial charge on any atom is -0.302 e. The number of nitrogens with zero attached hydrogens (tertiary/aromatic N) is 3. The van der Waals surface area contributed by atoms with Gasteiger partial charge in [-0.2, -0.15) is 0 Å². The van der Waals surface area contributed by atoms with Crippen molar-refractivity contribution in [3.8, 4) is 0 Å². The van der Waals surface area contributed by atoms with Crippen LogP contribution in [0.2, 0.25) is 0 Å². The summed E-state index contributed by atoms with van der Waals surface area (Å²) in [5.74, 6) is 0. The Hall–Kier alpha value is -1.17. The molecule has 26 heavy (non-hydrogen) atoms. The Labute approximate surface area is 162 Å². The van der Waals surface area contributed by atoms with Gasteiger partial charge in [-0.3, -0.25) is 14.6 Å². The number of benzene rings is 1. The van der Waals surface area contributed by atoms with E-state index in [9.17, 15) is 4.79 Å². The second-order valence-corrected chi connectivity index (χ2v) is 8.33. The molecule has 2 aromatic rings. The smallest absolute Gasteiger partial charge is 0.302 e. The molecule has 0 aliphatic carbocycles. The molecule has 2 rings (SSSR count). The van der Waals surface area contributed by atoms with Crippen molar-refractivity contribution in [2.75, 3.05) is 26.7 Å². The zero-order chi connectivity index (χ0) is 19.1. The highest BCUT2D eigenvalue weighted by molar-refractivity contribution is 7.16. The van der Waals surface area contributed by atoms with Crippen molar-refractivity contribution < 1.29 is 0 Å². The maximum absolute atomic E-state index is 11.8. The van der Waals surface area contributed by atoms with Gasteiger partial charge in [0.05, 0.1) is 16.4 Å². The molecule has 5 heteroatoms. The fraction of sp³-hybridized carbons (Fsp3) is 0.667. The van der Waals surface area contributed by atoms with Crippen molar-refractivity contribution >= 4 is 21.6 Å². The van der Waals surface area contributed by atoms with Crippen LogP contribution in [0.5, 0.6) is 0 Å². The molecule has 4 nitrogen and oxygen atoms in total. The molecule has 1 atom stereocenters. The minimum atomic E-state index is 0.122. The van der Waals surface area contributed by atoms with E-state index in [0.29, 0.717) is 6.17 Å². The van der Waals surface area contributed by atoms with E-state index in [4.69, 9.17) is 0 Å². The topological polar surface area (TPSA) is 28.5 Å². The predicted octanol–water partition coefficient (Wildman–Crippen LogP) is 4.32. The van der Waals surface area contributed by atoms with Gasteiger partial charge in [0.15, 0.2) is 0 Å². The Balaban J connectivity index is 1.81. The zero-order valence-electron chi connectivity index (χ0n) is 17.1. The van der Waals surface area contributed by atoms with Crippen LogP contribution in [0.3, 0.4) is 0 Å². The van der Waals surface area contributed by atoms with E-state index in [0.717, 1.165) is 23.2 Å². The van der Waals surface area contributed by atoms with Crippen molar-refractivity contribution in [3.63, 3.8) is 0 Å². The molecule has 0 radical (unpaired) electrons. The third kappa shape index (κ3) is 5.41. The van der Waals surface area contributed by atoms with Crippen LogP contribution in [-0.2, 0) is 13.5 Å². The Morgan fingerprint density at radius 2 is 1.81 bits per heavy atom. The lowest BCUT2D eigenvalue weighted by Crippen LogP contribution is -2.45. The summed E-state index contributed by atoms with van der Waals surface area (Å²) in [5, 5.41) is 0. The molecule has 0 bridgehead atoms. The molecule has 1 aromatic heterocycles. The van der Waals surface area contributed by atoms with E-state index in [-0.39, 0.29) is 4.87 Å². The van der Waals surface area contributed by atoms with Crippen LogP contribution in [-0.4, -0.2) is 47.2 Å². The van der Waals surface area contributed by atoms with Gasteiger partial charge in [-0.05, 0) is 83.4 Å². The number of unbranched alkanes of at least 4 members (excludes halogenated alkanes) is 1. The van der Waals surface area contributed by atoms with Gasteiger partial charge in [-0.15, -0.1) is 0 Å². The Kier molecular flexibility index (Phi) is 8.32. The van der Waals surface area contributed by atoms with Crippen LogP contribution in [0.4, 0.5) is 0 Å². The van der Waals surface area contributed by atoms with Crippen LogP contribution in [0.15, 0.2) is 23.0 Å². The number of fused-ring (bicyclic) bond motifs is 1. The average molecular weight is 378 g/mol. The minimum absolute atomic E-state index is 0.122. The number of hydrogen-bond acceptors (Lipinski definition) is 4. The molecule has 0 saturated carbocycles. The van der Waals surface area contributed by atoms with Crippen molar-refractivity contribution in [3.05, 3.63) is 33.4 Å². The van der Waals surface area contributed by atoms with E-state index in [2.05, 4.69) is 55.8 Å². The van der Waals surface area contributed by atoms with Crippen LogP contribution in [0.25, 0.3) is 10.2 Å². The fourth-order valence-corrected chi connectivity index (χ4v) is 4.49. The van der Waals surface area contributed by atoms with Gasteiger partial charge >= 0.3 is 4.87 Å². The van der Waals surface area contributed by atoms with E-state index in [1.54, 1.807) is 4.57 Å².